The van der Waals surface area contributed by atoms with Gasteiger partial charge in [0.15, 0.2) is 11.7 Å². The first-order chi connectivity index (χ1) is 12.7. The minimum Gasteiger partial charge on any atom is -0.484 e. The second kappa shape index (κ2) is 7.69. The van der Waals surface area contributed by atoms with Gasteiger partial charge in [-0.25, -0.2) is 4.98 Å². The Morgan fingerprint density at radius 2 is 1.85 bits per heavy atom. The number of thiazole rings is 1. The lowest BCUT2D eigenvalue weighted by atomic mass is 9.87. The van der Waals surface area contributed by atoms with Crippen molar-refractivity contribution in [1.29, 1.82) is 0 Å². The van der Waals surface area contributed by atoms with Gasteiger partial charge >= 0.3 is 0 Å². The molecular formula is C22H26N2O2S. The molecule has 1 N–H and O–H groups in total. The van der Waals surface area contributed by atoms with E-state index in [9.17, 15) is 4.79 Å². The largest absolute Gasteiger partial charge is 0.484 e. The lowest BCUT2D eigenvalue weighted by Crippen LogP contribution is -2.20. The average molecular weight is 383 g/mol. The molecule has 0 radical (unpaired) electrons. The molecule has 27 heavy (non-hydrogen) atoms. The third-order valence-electron chi connectivity index (χ3n) is 4.42. The van der Waals surface area contributed by atoms with E-state index in [2.05, 4.69) is 57.1 Å². The number of carbonyl (C=O) groups is 1. The zero-order valence-corrected chi connectivity index (χ0v) is 17.3. The molecule has 1 amide bonds. The van der Waals surface area contributed by atoms with Gasteiger partial charge in [-0.3, -0.25) is 10.1 Å². The Kier molecular flexibility index (Phi) is 5.51. The van der Waals surface area contributed by atoms with Crippen molar-refractivity contribution >= 4 is 32.6 Å². The van der Waals surface area contributed by atoms with Crippen molar-refractivity contribution in [3.63, 3.8) is 0 Å². The van der Waals surface area contributed by atoms with Crippen molar-refractivity contribution in [2.24, 2.45) is 0 Å². The zero-order valence-electron chi connectivity index (χ0n) is 16.5. The number of anilines is 1. The number of fused-ring (bicyclic) bond motifs is 1. The zero-order chi connectivity index (χ0) is 19.6. The van der Waals surface area contributed by atoms with Crippen molar-refractivity contribution in [2.45, 2.75) is 46.0 Å². The van der Waals surface area contributed by atoms with Crippen molar-refractivity contribution in [3.8, 4) is 5.75 Å². The minimum absolute atomic E-state index is 0.0375. The highest BCUT2D eigenvalue weighted by molar-refractivity contribution is 7.22. The molecule has 0 fully saturated rings. The van der Waals surface area contributed by atoms with Gasteiger partial charge in [0, 0.05) is 0 Å². The van der Waals surface area contributed by atoms with E-state index in [0.29, 0.717) is 16.8 Å². The first kappa shape index (κ1) is 19.4. The highest BCUT2D eigenvalue weighted by Gasteiger charge is 2.15. The monoisotopic (exact) mass is 382 g/mol. The van der Waals surface area contributed by atoms with Crippen LogP contribution in [-0.2, 0) is 10.2 Å². The molecule has 0 saturated carbocycles. The van der Waals surface area contributed by atoms with Gasteiger partial charge in [0.2, 0.25) is 0 Å². The Morgan fingerprint density at radius 1 is 1.15 bits per heavy atom. The van der Waals surface area contributed by atoms with Gasteiger partial charge in [-0.05, 0) is 46.7 Å². The van der Waals surface area contributed by atoms with Gasteiger partial charge < -0.3 is 4.74 Å². The fraction of sp³-hybridized carbons (Fsp3) is 0.364. The molecule has 3 aromatic rings. The number of aromatic nitrogens is 1. The number of ether oxygens (including phenoxy) is 1. The van der Waals surface area contributed by atoms with Crippen LogP contribution in [0.25, 0.3) is 10.2 Å². The second-order valence-corrected chi connectivity index (χ2v) is 9.04. The summed E-state index contributed by atoms with van der Waals surface area (Å²) in [5.74, 6) is 0.951. The minimum atomic E-state index is -0.210. The summed E-state index contributed by atoms with van der Waals surface area (Å²) in [5, 5.41) is 3.43. The van der Waals surface area contributed by atoms with Crippen LogP contribution in [0.2, 0.25) is 0 Å². The lowest BCUT2D eigenvalue weighted by Gasteiger charge is -2.18. The van der Waals surface area contributed by atoms with Crippen LogP contribution in [0.1, 0.15) is 51.7 Å². The van der Waals surface area contributed by atoms with Crippen LogP contribution >= 0.6 is 11.3 Å². The molecule has 0 aliphatic rings. The van der Waals surface area contributed by atoms with Crippen molar-refractivity contribution in [3.05, 3.63) is 53.6 Å². The molecule has 0 spiro atoms. The molecule has 0 bridgehead atoms. The fourth-order valence-electron chi connectivity index (χ4n) is 2.70. The van der Waals surface area contributed by atoms with Crippen molar-refractivity contribution in [1.82, 2.24) is 4.98 Å². The van der Waals surface area contributed by atoms with E-state index < -0.39 is 0 Å². The van der Waals surface area contributed by atoms with Gasteiger partial charge in [0.25, 0.3) is 5.91 Å². The predicted molar refractivity (Wildman–Crippen MR) is 113 cm³/mol. The maximum atomic E-state index is 12.2. The number of benzene rings is 2. The van der Waals surface area contributed by atoms with E-state index in [1.807, 2.05) is 30.3 Å². The maximum absolute atomic E-state index is 12.2. The Morgan fingerprint density at radius 3 is 2.48 bits per heavy atom. The Hall–Kier alpha value is -2.40. The van der Waals surface area contributed by atoms with Gasteiger partial charge in [0.05, 0.1) is 10.2 Å². The first-order valence-electron chi connectivity index (χ1n) is 9.16. The SMILES string of the molecule is CC(C)c1ccc(OCC(=O)Nc2nc3ccc(C(C)(C)C)cc3s2)cc1. The van der Waals surface area contributed by atoms with Crippen LogP contribution in [0.4, 0.5) is 5.13 Å². The topological polar surface area (TPSA) is 51.2 Å². The maximum Gasteiger partial charge on any atom is 0.264 e. The van der Waals surface area contributed by atoms with Crippen LogP contribution in [0, 0.1) is 0 Å². The molecule has 2 aromatic carbocycles. The van der Waals surface area contributed by atoms with E-state index in [1.165, 1.54) is 22.5 Å². The number of amides is 1. The quantitative estimate of drug-likeness (QED) is 0.612. The molecular weight excluding hydrogens is 356 g/mol. The molecule has 1 heterocycles. The van der Waals surface area contributed by atoms with Crippen LogP contribution in [0.3, 0.4) is 0 Å². The van der Waals surface area contributed by atoms with Crippen molar-refractivity contribution < 1.29 is 9.53 Å². The smallest absolute Gasteiger partial charge is 0.264 e. The Labute approximate surface area is 164 Å². The second-order valence-electron chi connectivity index (χ2n) is 8.01. The average Bonchev–Trinajstić information content (AvgIpc) is 3.00. The van der Waals surface area contributed by atoms with Crippen LogP contribution in [-0.4, -0.2) is 17.5 Å². The number of nitrogens with zero attached hydrogens (tertiary/aromatic N) is 1. The van der Waals surface area contributed by atoms with Crippen LogP contribution in [0.15, 0.2) is 42.5 Å². The summed E-state index contributed by atoms with van der Waals surface area (Å²) in [6.07, 6.45) is 0. The third-order valence-corrected chi connectivity index (χ3v) is 5.35. The van der Waals surface area contributed by atoms with Crippen LogP contribution in [0.5, 0.6) is 5.75 Å². The number of rotatable bonds is 5. The molecule has 0 aliphatic heterocycles. The predicted octanol–water partition coefficient (Wildman–Crippen LogP) is 5.73. The molecule has 4 nitrogen and oxygen atoms in total. The molecule has 3 rings (SSSR count). The van der Waals surface area contributed by atoms with Gasteiger partial charge in [-0.15, -0.1) is 0 Å². The first-order valence-corrected chi connectivity index (χ1v) is 9.98. The lowest BCUT2D eigenvalue weighted by molar-refractivity contribution is -0.118. The van der Waals surface area contributed by atoms with E-state index in [4.69, 9.17) is 4.74 Å². The summed E-state index contributed by atoms with van der Waals surface area (Å²) in [7, 11) is 0. The van der Waals surface area contributed by atoms with E-state index in [1.54, 1.807) is 0 Å². The molecule has 142 valence electrons. The van der Waals surface area contributed by atoms with E-state index >= 15 is 0 Å². The van der Waals surface area contributed by atoms with Gasteiger partial charge in [-0.1, -0.05) is 64.2 Å². The fourth-order valence-corrected chi connectivity index (χ4v) is 3.62. The van der Waals surface area contributed by atoms with Gasteiger partial charge in [0.1, 0.15) is 5.75 Å². The van der Waals surface area contributed by atoms with E-state index in [0.717, 1.165) is 10.2 Å². The van der Waals surface area contributed by atoms with Crippen molar-refractivity contribution in [2.75, 3.05) is 11.9 Å². The highest BCUT2D eigenvalue weighted by atomic mass is 32.1. The molecule has 5 heteroatoms. The number of nitrogens with one attached hydrogen (secondary N) is 1. The number of carbonyl (C=O) groups excluding carboxylic acids is 1. The summed E-state index contributed by atoms with van der Waals surface area (Å²) in [4.78, 5) is 16.7. The summed E-state index contributed by atoms with van der Waals surface area (Å²) in [6.45, 7) is 10.8. The summed E-state index contributed by atoms with van der Waals surface area (Å²) >= 11 is 1.48. The summed E-state index contributed by atoms with van der Waals surface area (Å²) in [5.41, 5.74) is 3.48. The Balaban J connectivity index is 1.62. The van der Waals surface area contributed by atoms with Crippen LogP contribution < -0.4 is 10.1 Å². The molecule has 0 saturated heterocycles. The highest BCUT2D eigenvalue weighted by Crippen LogP contribution is 2.31. The number of hydrogen-bond acceptors (Lipinski definition) is 4. The summed E-state index contributed by atoms with van der Waals surface area (Å²) in [6, 6.07) is 14.1. The molecule has 0 unspecified atom stereocenters. The normalized spacial score (nSPS) is 11.8. The van der Waals surface area contributed by atoms with Gasteiger partial charge in [-0.2, -0.15) is 0 Å². The Bertz CT molecular complexity index is 937. The van der Waals surface area contributed by atoms with E-state index in [-0.39, 0.29) is 17.9 Å². The standard InChI is InChI=1S/C22H26N2O2S/c1-14(2)15-6-9-17(10-7-15)26-13-20(25)24-21-23-18-11-8-16(22(3,4)5)12-19(18)27-21/h6-12,14H,13H2,1-5H3,(H,23,24,25). The molecule has 0 atom stereocenters. The molecule has 1 aromatic heterocycles. The third kappa shape index (κ3) is 4.86. The number of hydrogen-bond donors (Lipinski definition) is 1. The molecule has 0 aliphatic carbocycles. The summed E-state index contributed by atoms with van der Waals surface area (Å²) < 4.78 is 6.65.